The van der Waals surface area contributed by atoms with E-state index in [1.54, 1.807) is 20.8 Å². The van der Waals surface area contributed by atoms with Crippen LogP contribution < -0.4 is 0 Å². The molecule has 9 heteroatoms. The van der Waals surface area contributed by atoms with Gasteiger partial charge in [-0.15, -0.1) is 0 Å². The zero-order valence-electron chi connectivity index (χ0n) is 32.0. The van der Waals surface area contributed by atoms with Gasteiger partial charge in [-0.05, 0) is 81.4 Å². The predicted octanol–water partition coefficient (Wildman–Crippen LogP) is 7.60. The Morgan fingerprint density at radius 3 is 1.26 bits per heavy atom. The van der Waals surface area contributed by atoms with E-state index in [2.05, 4.69) is 19.7 Å². The molecule has 3 saturated heterocycles. The zero-order chi connectivity index (χ0) is 38.0. The van der Waals surface area contributed by atoms with Gasteiger partial charge >= 0.3 is 17.9 Å². The normalized spacial score (nSPS) is 33.5. The fraction of sp³-hybridized carbons (Fsp3) is 0.707. The van der Waals surface area contributed by atoms with Gasteiger partial charge in [-0.2, -0.15) is 0 Å². The molecule has 7 fully saturated rings. The number of hydrogen-bond donors (Lipinski definition) is 0. The molecule has 50 heavy (non-hydrogen) atoms. The Morgan fingerprint density at radius 2 is 0.940 bits per heavy atom. The van der Waals surface area contributed by atoms with Gasteiger partial charge in [0.2, 0.25) is 0 Å². The van der Waals surface area contributed by atoms with Gasteiger partial charge in [0.1, 0.15) is 12.2 Å². The van der Waals surface area contributed by atoms with Crippen molar-refractivity contribution < 1.29 is 43.0 Å². The number of cyclic esters (lactones) is 1. The second-order valence-corrected chi connectivity index (χ2v) is 14.0. The summed E-state index contributed by atoms with van der Waals surface area (Å²) in [5.41, 5.74) is 1.74. The summed E-state index contributed by atoms with van der Waals surface area (Å²) in [6, 6.07) is 0. The van der Waals surface area contributed by atoms with Crippen molar-refractivity contribution in [2.24, 2.45) is 53.3 Å². The monoisotopic (exact) mass is 698 g/mol. The smallest absolute Gasteiger partial charge is 0.309 e. The summed E-state index contributed by atoms with van der Waals surface area (Å²) in [7, 11) is 0. The molecule has 0 radical (unpaired) electrons. The Balaban J connectivity index is 0.000000244. The third-order valence-electron chi connectivity index (χ3n) is 11.1. The molecule has 3 heterocycles. The van der Waals surface area contributed by atoms with Crippen molar-refractivity contribution in [2.75, 3.05) is 6.61 Å². The third-order valence-corrected chi connectivity index (χ3v) is 11.1. The molecule has 4 bridgehead atoms. The van der Waals surface area contributed by atoms with Crippen molar-refractivity contribution in [3.8, 4) is 0 Å². The number of hydrogen-bond acceptors (Lipinski definition) is 9. The fourth-order valence-electron chi connectivity index (χ4n) is 8.62. The second-order valence-electron chi connectivity index (χ2n) is 14.0. The average molecular weight is 699 g/mol. The first-order valence-corrected chi connectivity index (χ1v) is 18.9. The largest absolute Gasteiger partial charge is 0.465 e. The van der Waals surface area contributed by atoms with Crippen molar-refractivity contribution in [3.63, 3.8) is 0 Å². The van der Waals surface area contributed by atoms with Gasteiger partial charge in [-0.3, -0.25) is 28.8 Å². The minimum atomic E-state index is -0.246. The van der Waals surface area contributed by atoms with Gasteiger partial charge in [-0.25, -0.2) is 0 Å². The maximum Gasteiger partial charge on any atom is 0.309 e. The lowest BCUT2D eigenvalue weighted by Gasteiger charge is -2.24. The molecule has 0 aromatic heterocycles. The number of rotatable bonds is 9. The van der Waals surface area contributed by atoms with Crippen LogP contribution in [0.2, 0.25) is 0 Å². The molecule has 9 nitrogen and oxygen atoms in total. The molecular weight excluding hydrogens is 636 g/mol. The maximum atomic E-state index is 11.7. The molecule has 4 saturated carbocycles. The fourth-order valence-corrected chi connectivity index (χ4v) is 8.62. The molecule has 4 aliphatic carbocycles. The molecule has 7 rings (SSSR count). The topological polar surface area (TPSA) is 130 Å². The second kappa shape index (κ2) is 19.3. The quantitative estimate of drug-likeness (QED) is 0.136. The molecule has 0 aromatic carbocycles. The van der Waals surface area contributed by atoms with Crippen LogP contribution in [-0.2, 0) is 43.0 Å². The molecule has 7 aliphatic rings. The summed E-state index contributed by atoms with van der Waals surface area (Å²) in [6.45, 7) is 28.5. The van der Waals surface area contributed by atoms with Crippen molar-refractivity contribution in [3.05, 3.63) is 36.5 Å². The molecule has 0 amide bonds. The molecule has 0 spiro atoms. The van der Waals surface area contributed by atoms with Gasteiger partial charge in [0.15, 0.2) is 17.3 Å². The highest BCUT2D eigenvalue weighted by Gasteiger charge is 2.62. The van der Waals surface area contributed by atoms with Crippen molar-refractivity contribution >= 4 is 35.3 Å². The minimum Gasteiger partial charge on any atom is -0.465 e. The minimum absolute atomic E-state index is 0.0252. The molecule has 280 valence electrons. The lowest BCUT2D eigenvalue weighted by Crippen LogP contribution is -2.28. The zero-order valence-corrected chi connectivity index (χ0v) is 32.0. The molecule has 0 aromatic rings. The summed E-state index contributed by atoms with van der Waals surface area (Å²) < 4.78 is 15.5. The summed E-state index contributed by atoms with van der Waals surface area (Å²) in [6.07, 6.45) is 6.04. The van der Waals surface area contributed by atoms with Crippen molar-refractivity contribution in [1.29, 1.82) is 0 Å². The van der Waals surface area contributed by atoms with E-state index < -0.39 is 0 Å². The SMILES string of the molecule is C=C(C)C(=O)CC1C2CC3C(=O)OC1C3C2.C=C(C)C(=O)CC1C2CC3C(=O)OC1C3C2.C=C(C)C(=O)CC1CCOC1=O.CC.CC.CC. The Labute approximate surface area is 300 Å². The van der Waals surface area contributed by atoms with Crippen LogP contribution in [0.25, 0.3) is 0 Å². The van der Waals surface area contributed by atoms with E-state index in [0.717, 1.165) is 25.7 Å². The number of ketones is 3. The van der Waals surface area contributed by atoms with Crippen molar-refractivity contribution in [1.82, 2.24) is 0 Å². The summed E-state index contributed by atoms with van der Waals surface area (Å²) in [5.74, 6) is 2.34. The van der Waals surface area contributed by atoms with Crippen molar-refractivity contribution in [2.45, 2.75) is 126 Å². The van der Waals surface area contributed by atoms with E-state index in [9.17, 15) is 28.8 Å². The van der Waals surface area contributed by atoms with Crippen LogP contribution >= 0.6 is 0 Å². The van der Waals surface area contributed by atoms with Gasteiger partial charge in [0.05, 0.1) is 24.4 Å². The summed E-state index contributed by atoms with van der Waals surface area (Å²) >= 11 is 0. The first-order valence-electron chi connectivity index (χ1n) is 18.9. The van der Waals surface area contributed by atoms with Crippen LogP contribution in [0.4, 0.5) is 0 Å². The Kier molecular flexibility index (Phi) is 16.5. The van der Waals surface area contributed by atoms with E-state index in [1.165, 1.54) is 0 Å². The molecule has 0 N–H and O–H groups in total. The van der Waals surface area contributed by atoms with Crippen LogP contribution in [0.15, 0.2) is 36.5 Å². The Morgan fingerprint density at radius 1 is 0.580 bits per heavy atom. The maximum absolute atomic E-state index is 11.7. The summed E-state index contributed by atoms with van der Waals surface area (Å²) in [5, 5.41) is 0. The molecule has 3 aliphatic heterocycles. The van der Waals surface area contributed by atoms with Gasteiger partial charge in [-0.1, -0.05) is 61.3 Å². The highest BCUT2D eigenvalue weighted by molar-refractivity contribution is 5.96. The van der Waals surface area contributed by atoms with Gasteiger partial charge in [0.25, 0.3) is 0 Å². The third kappa shape index (κ3) is 9.49. The number of esters is 3. The first-order chi connectivity index (χ1) is 23.8. The standard InChI is InChI=1S/2C13H16O3.C9H12O3.3C2H6/c2*1-6(2)11(14)5-8-7-3-9-10(4-7)13(15)16-12(8)9;1-6(2)8(10)5-7-3-4-12-9(7)11;3*1-2/h2*7-10,12H,1,3-5H2,2H3;7H,1,3-5H2,2H3;3*1-2H3. The number of allylic oxidation sites excluding steroid dienone is 3. The highest BCUT2D eigenvalue weighted by Crippen LogP contribution is 2.59. The molecule has 11 atom stereocenters. The van der Waals surface area contributed by atoms with Crippen LogP contribution in [0.3, 0.4) is 0 Å². The van der Waals surface area contributed by atoms with Crippen LogP contribution in [0, 0.1) is 53.3 Å². The Bertz CT molecular complexity index is 1240. The number of Topliss-reactive ketones (excluding diaryl/α,β-unsaturated/α-hetero) is 3. The predicted molar refractivity (Wildman–Crippen MR) is 193 cm³/mol. The van der Waals surface area contributed by atoms with Crippen LogP contribution in [-0.4, -0.2) is 54.1 Å². The number of carbonyl (C=O) groups excluding carboxylic acids is 6. The van der Waals surface area contributed by atoms with E-state index in [0.29, 0.717) is 66.3 Å². The molecular formula is C41H62O9. The first kappa shape index (κ1) is 42.8. The van der Waals surface area contributed by atoms with E-state index in [1.807, 2.05) is 41.5 Å². The lowest BCUT2D eigenvalue weighted by molar-refractivity contribution is -0.145. The number of fused-ring (bicyclic) bond motifs is 2. The van der Waals surface area contributed by atoms with Crippen LogP contribution in [0.1, 0.15) is 114 Å². The lowest BCUT2D eigenvalue weighted by atomic mass is 9.79. The Hall–Kier alpha value is -3.36. The van der Waals surface area contributed by atoms with E-state index in [4.69, 9.17) is 14.2 Å². The highest BCUT2D eigenvalue weighted by atomic mass is 16.6. The number of ether oxygens (including phenoxy) is 3. The van der Waals surface area contributed by atoms with Gasteiger partial charge in [0, 0.05) is 42.9 Å². The van der Waals surface area contributed by atoms with E-state index in [-0.39, 0.29) is 83.5 Å². The van der Waals surface area contributed by atoms with Gasteiger partial charge < -0.3 is 14.2 Å². The summed E-state index contributed by atoms with van der Waals surface area (Å²) in [4.78, 5) is 68.5. The van der Waals surface area contributed by atoms with E-state index >= 15 is 0 Å². The molecule has 11 unspecified atom stereocenters. The van der Waals surface area contributed by atoms with Crippen LogP contribution in [0.5, 0.6) is 0 Å². The number of carbonyl (C=O) groups is 6. The average Bonchev–Trinajstić information content (AvgIpc) is 3.96.